The highest BCUT2D eigenvalue weighted by molar-refractivity contribution is 7.09. The third-order valence-electron chi connectivity index (χ3n) is 2.27. The largest absolute Gasteiger partial charge is 0.326 e. The molecule has 1 unspecified atom stereocenters. The molecule has 2 N–H and O–H groups in total. The first-order valence-corrected chi connectivity index (χ1v) is 5.23. The number of hydrogen-bond acceptors (Lipinski definition) is 3. The normalized spacial score (nSPS) is 24.9. The molecule has 12 heavy (non-hydrogen) atoms. The van der Waals surface area contributed by atoms with Crippen LogP contribution in [0.2, 0.25) is 0 Å². The molecule has 0 radical (unpaired) electrons. The predicted molar refractivity (Wildman–Crippen MR) is 52.2 cm³/mol. The molecule has 2 rings (SSSR count). The van der Waals surface area contributed by atoms with Crippen LogP contribution in [0.25, 0.3) is 0 Å². The lowest BCUT2D eigenvalue weighted by Crippen LogP contribution is -2.25. The molecule has 1 aromatic rings. The molecule has 0 spiro atoms. The van der Waals surface area contributed by atoms with Crippen LogP contribution in [0.5, 0.6) is 0 Å². The van der Waals surface area contributed by atoms with Crippen molar-refractivity contribution >= 4 is 11.3 Å². The summed E-state index contributed by atoms with van der Waals surface area (Å²) in [6.45, 7) is 3.32. The summed E-state index contributed by atoms with van der Waals surface area (Å²) in [6, 6.07) is 4.70. The van der Waals surface area contributed by atoms with Crippen LogP contribution in [0, 0.1) is 0 Å². The van der Waals surface area contributed by atoms with E-state index in [-0.39, 0.29) is 0 Å². The van der Waals surface area contributed by atoms with E-state index in [1.807, 2.05) is 11.3 Å². The average Bonchev–Trinajstić information content (AvgIpc) is 2.63. The zero-order valence-electron chi connectivity index (χ0n) is 7.07. The van der Waals surface area contributed by atoms with Crippen molar-refractivity contribution in [3.8, 4) is 0 Å². The molecule has 0 aromatic carbocycles. The maximum Gasteiger partial charge on any atom is 0.0328 e. The molecule has 1 saturated heterocycles. The van der Waals surface area contributed by atoms with E-state index >= 15 is 0 Å². The second kappa shape index (κ2) is 3.56. The SMILES string of the molecule is NC1CCN(Cc2cccs2)C1. The average molecular weight is 182 g/mol. The van der Waals surface area contributed by atoms with Gasteiger partial charge in [-0.25, -0.2) is 0 Å². The van der Waals surface area contributed by atoms with E-state index in [1.165, 1.54) is 11.4 Å². The molecular weight excluding hydrogens is 168 g/mol. The fourth-order valence-electron chi connectivity index (χ4n) is 1.63. The standard InChI is InChI=1S/C9H14N2S/c10-8-3-4-11(6-8)7-9-2-1-5-12-9/h1-2,5,8H,3-4,6-7,10H2. The molecule has 3 heteroatoms. The van der Waals surface area contributed by atoms with Crippen molar-refractivity contribution in [3.63, 3.8) is 0 Å². The lowest BCUT2D eigenvalue weighted by atomic mass is 10.3. The quantitative estimate of drug-likeness (QED) is 0.746. The molecule has 66 valence electrons. The van der Waals surface area contributed by atoms with Crippen molar-refractivity contribution in [2.45, 2.75) is 19.0 Å². The molecule has 2 heterocycles. The summed E-state index contributed by atoms with van der Waals surface area (Å²) in [5, 5.41) is 2.13. The molecule has 1 aliphatic rings. The summed E-state index contributed by atoms with van der Waals surface area (Å²) >= 11 is 1.83. The van der Waals surface area contributed by atoms with Crippen LogP contribution in [-0.4, -0.2) is 24.0 Å². The van der Waals surface area contributed by atoms with Gasteiger partial charge in [-0.05, 0) is 17.9 Å². The van der Waals surface area contributed by atoms with E-state index in [1.54, 1.807) is 0 Å². The molecule has 1 atom stereocenters. The van der Waals surface area contributed by atoms with Gasteiger partial charge in [0.25, 0.3) is 0 Å². The third kappa shape index (κ3) is 1.86. The van der Waals surface area contributed by atoms with Gasteiger partial charge in [-0.1, -0.05) is 6.07 Å². The van der Waals surface area contributed by atoms with E-state index < -0.39 is 0 Å². The van der Waals surface area contributed by atoms with E-state index in [4.69, 9.17) is 5.73 Å². The predicted octanol–water partition coefficient (Wildman–Crippen LogP) is 1.28. The number of thiophene rings is 1. The summed E-state index contributed by atoms with van der Waals surface area (Å²) in [6.07, 6.45) is 1.16. The minimum absolute atomic E-state index is 0.407. The smallest absolute Gasteiger partial charge is 0.0328 e. The lowest BCUT2D eigenvalue weighted by molar-refractivity contribution is 0.330. The van der Waals surface area contributed by atoms with Gasteiger partial charge in [0, 0.05) is 30.6 Å². The number of hydrogen-bond donors (Lipinski definition) is 1. The van der Waals surface area contributed by atoms with Gasteiger partial charge >= 0.3 is 0 Å². The number of rotatable bonds is 2. The Hall–Kier alpha value is -0.380. The Morgan fingerprint density at radius 3 is 3.17 bits per heavy atom. The Kier molecular flexibility index (Phi) is 2.44. The highest BCUT2D eigenvalue weighted by Gasteiger charge is 2.18. The van der Waals surface area contributed by atoms with Gasteiger partial charge in [-0.15, -0.1) is 11.3 Å². The van der Waals surface area contributed by atoms with E-state index in [2.05, 4.69) is 22.4 Å². The van der Waals surface area contributed by atoms with Crippen LogP contribution >= 0.6 is 11.3 Å². The second-order valence-electron chi connectivity index (χ2n) is 3.36. The maximum atomic E-state index is 5.82. The van der Waals surface area contributed by atoms with Crippen LogP contribution in [0.3, 0.4) is 0 Å². The van der Waals surface area contributed by atoms with Crippen molar-refractivity contribution in [1.29, 1.82) is 0 Å². The van der Waals surface area contributed by atoms with Gasteiger partial charge in [0.15, 0.2) is 0 Å². The lowest BCUT2D eigenvalue weighted by Gasteiger charge is -2.12. The Labute approximate surface area is 77.0 Å². The molecule has 1 fully saturated rings. The van der Waals surface area contributed by atoms with Gasteiger partial charge in [-0.3, -0.25) is 4.90 Å². The number of nitrogens with zero attached hydrogens (tertiary/aromatic N) is 1. The first kappa shape index (κ1) is 8.23. The minimum atomic E-state index is 0.407. The van der Waals surface area contributed by atoms with E-state index in [9.17, 15) is 0 Å². The molecule has 0 bridgehead atoms. The second-order valence-corrected chi connectivity index (χ2v) is 4.40. The van der Waals surface area contributed by atoms with Crippen molar-refractivity contribution in [1.82, 2.24) is 4.90 Å². The topological polar surface area (TPSA) is 29.3 Å². The summed E-state index contributed by atoms with van der Waals surface area (Å²) < 4.78 is 0. The van der Waals surface area contributed by atoms with Crippen LogP contribution in [0.15, 0.2) is 17.5 Å². The molecular formula is C9H14N2S. The Balaban J connectivity index is 1.88. The highest BCUT2D eigenvalue weighted by Crippen LogP contribution is 2.15. The Morgan fingerprint density at radius 2 is 2.58 bits per heavy atom. The molecule has 1 aromatic heterocycles. The van der Waals surface area contributed by atoms with E-state index in [0.29, 0.717) is 6.04 Å². The number of nitrogens with two attached hydrogens (primary N) is 1. The zero-order valence-corrected chi connectivity index (χ0v) is 7.89. The fourth-order valence-corrected chi connectivity index (χ4v) is 2.38. The van der Waals surface area contributed by atoms with Crippen molar-refractivity contribution in [2.24, 2.45) is 5.73 Å². The molecule has 1 aliphatic heterocycles. The van der Waals surface area contributed by atoms with Crippen LogP contribution < -0.4 is 5.73 Å². The van der Waals surface area contributed by atoms with Crippen molar-refractivity contribution in [2.75, 3.05) is 13.1 Å². The summed E-state index contributed by atoms with van der Waals surface area (Å²) in [7, 11) is 0. The van der Waals surface area contributed by atoms with Gasteiger partial charge in [0.2, 0.25) is 0 Å². The van der Waals surface area contributed by atoms with Gasteiger partial charge in [-0.2, -0.15) is 0 Å². The monoisotopic (exact) mass is 182 g/mol. The van der Waals surface area contributed by atoms with Gasteiger partial charge in [0.1, 0.15) is 0 Å². The summed E-state index contributed by atoms with van der Waals surface area (Å²) in [5.41, 5.74) is 5.82. The molecule has 0 amide bonds. The first-order chi connectivity index (χ1) is 5.84. The van der Waals surface area contributed by atoms with Crippen molar-refractivity contribution in [3.05, 3.63) is 22.4 Å². The van der Waals surface area contributed by atoms with Crippen LogP contribution in [0.1, 0.15) is 11.3 Å². The molecule has 0 saturated carbocycles. The van der Waals surface area contributed by atoms with Crippen molar-refractivity contribution < 1.29 is 0 Å². The zero-order chi connectivity index (χ0) is 8.39. The maximum absolute atomic E-state index is 5.82. The molecule has 2 nitrogen and oxygen atoms in total. The van der Waals surface area contributed by atoms with E-state index in [0.717, 1.165) is 19.5 Å². The van der Waals surface area contributed by atoms with Crippen LogP contribution in [-0.2, 0) is 6.54 Å². The Bertz CT molecular complexity index is 233. The minimum Gasteiger partial charge on any atom is -0.326 e. The Morgan fingerprint density at radius 1 is 1.67 bits per heavy atom. The van der Waals surface area contributed by atoms with Gasteiger partial charge in [0.05, 0.1) is 0 Å². The first-order valence-electron chi connectivity index (χ1n) is 4.35. The number of likely N-dealkylation sites (tertiary alicyclic amines) is 1. The summed E-state index contributed by atoms with van der Waals surface area (Å²) in [4.78, 5) is 3.88. The molecule has 0 aliphatic carbocycles. The summed E-state index contributed by atoms with van der Waals surface area (Å²) in [5.74, 6) is 0. The highest BCUT2D eigenvalue weighted by atomic mass is 32.1. The third-order valence-corrected chi connectivity index (χ3v) is 3.13. The van der Waals surface area contributed by atoms with Crippen LogP contribution in [0.4, 0.5) is 0 Å². The van der Waals surface area contributed by atoms with Gasteiger partial charge < -0.3 is 5.73 Å². The fraction of sp³-hybridized carbons (Fsp3) is 0.556.